The van der Waals surface area contributed by atoms with Crippen molar-refractivity contribution in [1.82, 2.24) is 9.03 Å². The molecule has 1 N–H and O–H groups in total. The van der Waals surface area contributed by atoms with Gasteiger partial charge < -0.3 is 14.4 Å². The Morgan fingerprint density at radius 3 is 2.77 bits per heavy atom. The lowest BCUT2D eigenvalue weighted by molar-refractivity contribution is 0.0131. The Labute approximate surface area is 266 Å². The van der Waals surface area contributed by atoms with Crippen LogP contribution >= 0.6 is 11.6 Å². The van der Waals surface area contributed by atoms with Crippen molar-refractivity contribution < 1.29 is 22.7 Å². The number of amides is 1. The zero-order valence-corrected chi connectivity index (χ0v) is 27.5. The molecular formula is C34H44ClN3O5S. The van der Waals surface area contributed by atoms with Gasteiger partial charge in [0, 0.05) is 48.8 Å². The van der Waals surface area contributed by atoms with E-state index < -0.39 is 16.1 Å². The van der Waals surface area contributed by atoms with E-state index in [-0.39, 0.29) is 17.6 Å². The zero-order chi connectivity index (χ0) is 31.1. The van der Waals surface area contributed by atoms with Crippen LogP contribution in [0.5, 0.6) is 5.75 Å². The maximum atomic E-state index is 13.5. The van der Waals surface area contributed by atoms with E-state index in [0.717, 1.165) is 55.9 Å². The summed E-state index contributed by atoms with van der Waals surface area (Å²) in [6.07, 6.45) is 10.5. The molecule has 6 rings (SSSR count). The average molecular weight is 642 g/mol. The normalized spacial score (nSPS) is 31.1. The minimum Gasteiger partial charge on any atom is -0.490 e. The Bertz CT molecular complexity index is 1530. The van der Waals surface area contributed by atoms with E-state index in [2.05, 4.69) is 27.8 Å². The first-order valence-corrected chi connectivity index (χ1v) is 17.8. The first kappa shape index (κ1) is 31.4. The van der Waals surface area contributed by atoms with Gasteiger partial charge in [0.25, 0.3) is 5.91 Å². The van der Waals surface area contributed by atoms with E-state index in [1.165, 1.54) is 15.4 Å². The molecule has 2 aromatic rings. The van der Waals surface area contributed by atoms with Gasteiger partial charge in [-0.05, 0) is 105 Å². The number of rotatable bonds is 3. The molecule has 0 aromatic heterocycles. The Morgan fingerprint density at radius 2 is 2.02 bits per heavy atom. The molecule has 1 saturated carbocycles. The van der Waals surface area contributed by atoms with Crippen LogP contribution in [0.15, 0.2) is 48.6 Å². The molecule has 44 heavy (non-hydrogen) atoms. The number of anilines is 1. The Kier molecular flexibility index (Phi) is 9.03. The van der Waals surface area contributed by atoms with Crippen molar-refractivity contribution in [3.8, 4) is 5.75 Å². The molecule has 1 spiro atoms. The number of hydrogen-bond acceptors (Lipinski definition) is 6. The third-order valence-corrected chi connectivity index (χ3v) is 12.0. The highest BCUT2D eigenvalue weighted by Crippen LogP contribution is 2.47. The predicted octanol–water partition coefficient (Wildman–Crippen LogP) is 5.89. The summed E-state index contributed by atoms with van der Waals surface area (Å²) in [5.41, 5.74) is 3.44. The van der Waals surface area contributed by atoms with Crippen molar-refractivity contribution in [2.45, 2.75) is 76.4 Å². The summed E-state index contributed by atoms with van der Waals surface area (Å²) in [7, 11) is -2.32. The fourth-order valence-electron chi connectivity index (χ4n) is 7.75. The lowest BCUT2D eigenvalue weighted by Gasteiger charge is -2.46. The summed E-state index contributed by atoms with van der Waals surface area (Å²) in [6, 6.07) is 11.2. The summed E-state index contributed by atoms with van der Waals surface area (Å²) < 4.78 is 43.4. The summed E-state index contributed by atoms with van der Waals surface area (Å²) >= 11 is 6.42. The minimum absolute atomic E-state index is 0.0506. The van der Waals surface area contributed by atoms with Crippen LogP contribution in [0, 0.1) is 11.8 Å². The largest absolute Gasteiger partial charge is 0.490 e. The molecule has 2 aromatic carbocycles. The molecule has 10 heteroatoms. The lowest BCUT2D eigenvalue weighted by Crippen LogP contribution is -2.50. The van der Waals surface area contributed by atoms with E-state index >= 15 is 0 Å². The molecule has 1 amide bonds. The first-order valence-electron chi connectivity index (χ1n) is 16.0. The fourth-order valence-corrected chi connectivity index (χ4v) is 9.40. The minimum atomic E-state index is -4.08. The van der Waals surface area contributed by atoms with Gasteiger partial charge in [0.1, 0.15) is 5.75 Å². The lowest BCUT2D eigenvalue weighted by atomic mass is 9.68. The third kappa shape index (κ3) is 6.00. The summed E-state index contributed by atoms with van der Waals surface area (Å²) in [5.74, 6) is 0.827. The molecule has 0 unspecified atom stereocenters. The predicted molar refractivity (Wildman–Crippen MR) is 174 cm³/mol. The molecule has 2 aliphatic carbocycles. The second-order valence-electron chi connectivity index (χ2n) is 13.0. The van der Waals surface area contributed by atoms with Gasteiger partial charge in [-0.2, -0.15) is 12.7 Å². The van der Waals surface area contributed by atoms with Crippen molar-refractivity contribution >= 4 is 33.4 Å². The molecule has 2 bridgehead atoms. The average Bonchev–Trinajstić information content (AvgIpc) is 3.13. The van der Waals surface area contributed by atoms with Crippen LogP contribution in [0.4, 0.5) is 5.69 Å². The number of benzene rings is 2. The number of aryl methyl sites for hydroxylation is 1. The second kappa shape index (κ2) is 12.7. The number of fused-ring (bicyclic) bond motifs is 4. The van der Waals surface area contributed by atoms with Gasteiger partial charge in [-0.1, -0.05) is 36.7 Å². The number of halogens is 1. The van der Waals surface area contributed by atoms with Crippen LogP contribution < -0.4 is 14.4 Å². The van der Waals surface area contributed by atoms with Crippen molar-refractivity contribution in [3.05, 3.63) is 70.3 Å². The van der Waals surface area contributed by atoms with Gasteiger partial charge in [0.15, 0.2) is 0 Å². The molecule has 238 valence electrons. The smallest absolute Gasteiger partial charge is 0.304 e. The van der Waals surface area contributed by atoms with Crippen LogP contribution in [0.1, 0.15) is 73.9 Å². The summed E-state index contributed by atoms with van der Waals surface area (Å²) in [4.78, 5) is 15.9. The summed E-state index contributed by atoms with van der Waals surface area (Å²) in [5, 5.41) is 0.747. The highest BCUT2D eigenvalue weighted by molar-refractivity contribution is 7.87. The first-order chi connectivity index (χ1) is 21.1. The molecular weight excluding hydrogens is 598 g/mol. The van der Waals surface area contributed by atoms with Gasteiger partial charge in [-0.15, -0.1) is 0 Å². The highest BCUT2D eigenvalue weighted by Gasteiger charge is 2.44. The van der Waals surface area contributed by atoms with E-state index in [9.17, 15) is 13.2 Å². The van der Waals surface area contributed by atoms with E-state index in [4.69, 9.17) is 21.1 Å². The van der Waals surface area contributed by atoms with Gasteiger partial charge in [0.2, 0.25) is 0 Å². The van der Waals surface area contributed by atoms with Gasteiger partial charge in [-0.25, -0.2) is 4.72 Å². The SMILES string of the molecule is CCCN1[C@@H](C)C/C=C/[C@H](OC)[C@@H]2CC[C@H]2CN2C[C@@]3(CCCc4cc(Cl)ccc43)COc3ccc(cc32)C(=O)NS1(=O)=O. The number of methoxy groups -OCH3 is 1. The number of carbonyl (C=O) groups excluding carboxylic acids is 1. The second-order valence-corrected chi connectivity index (χ2v) is 15.1. The number of nitrogens with zero attached hydrogens (tertiary/aromatic N) is 2. The number of nitrogens with one attached hydrogen (secondary N) is 1. The van der Waals surface area contributed by atoms with E-state index in [1.54, 1.807) is 13.2 Å². The molecule has 8 nitrogen and oxygen atoms in total. The Hall–Kier alpha value is -2.59. The molecule has 2 heterocycles. The maximum Gasteiger partial charge on any atom is 0.304 e. The van der Waals surface area contributed by atoms with Crippen molar-refractivity contribution in [2.75, 3.05) is 38.3 Å². The molecule has 2 aliphatic heterocycles. The van der Waals surface area contributed by atoms with Crippen molar-refractivity contribution in [2.24, 2.45) is 11.8 Å². The van der Waals surface area contributed by atoms with Crippen LogP contribution in [0.3, 0.4) is 0 Å². The monoisotopic (exact) mass is 641 g/mol. The van der Waals surface area contributed by atoms with Gasteiger partial charge in [0.05, 0.1) is 18.4 Å². The van der Waals surface area contributed by atoms with Crippen molar-refractivity contribution in [3.63, 3.8) is 0 Å². The summed E-state index contributed by atoms with van der Waals surface area (Å²) in [6.45, 7) is 6.18. The number of carbonyl (C=O) groups is 1. The molecule has 0 saturated heterocycles. The Morgan fingerprint density at radius 1 is 1.18 bits per heavy atom. The maximum absolute atomic E-state index is 13.5. The quantitative estimate of drug-likeness (QED) is 0.421. The van der Waals surface area contributed by atoms with Crippen LogP contribution in [-0.2, 0) is 26.8 Å². The molecule has 1 fully saturated rings. The Balaban J connectivity index is 1.43. The standard InChI is InChI=1S/C34H44ClN3O5S/c1-4-17-38-23(2)7-5-9-31(42-3)28-13-10-26(28)20-37-21-34(16-6-8-24-18-27(35)12-14-29(24)34)22-43-32-15-11-25(19-30(32)37)33(39)36-44(38,40)41/h5,9,11-12,14-15,18-19,23,26,28,31H,4,6-8,10,13,16-17,20-22H2,1-3H3,(H,36,39)/b9-5+/t23-,26-,28+,31-,34-/m0/s1. The molecule has 5 atom stereocenters. The van der Waals surface area contributed by atoms with E-state index in [0.29, 0.717) is 49.1 Å². The van der Waals surface area contributed by atoms with Gasteiger partial charge in [-0.3, -0.25) is 4.79 Å². The van der Waals surface area contributed by atoms with Gasteiger partial charge >= 0.3 is 10.2 Å². The van der Waals surface area contributed by atoms with Crippen LogP contribution in [0.2, 0.25) is 5.02 Å². The third-order valence-electron chi connectivity index (χ3n) is 10.2. The number of hydrogen-bond donors (Lipinski definition) is 1. The molecule has 0 radical (unpaired) electrons. The topological polar surface area (TPSA) is 88.2 Å². The highest BCUT2D eigenvalue weighted by atomic mass is 35.5. The van der Waals surface area contributed by atoms with Crippen LogP contribution in [0.25, 0.3) is 0 Å². The van der Waals surface area contributed by atoms with Crippen molar-refractivity contribution in [1.29, 1.82) is 0 Å². The molecule has 4 aliphatic rings. The zero-order valence-electron chi connectivity index (χ0n) is 25.9. The van der Waals surface area contributed by atoms with Crippen LogP contribution in [-0.4, -0.2) is 64.1 Å². The fraction of sp³-hybridized carbons (Fsp3) is 0.559. The number of ether oxygens (including phenoxy) is 2. The van der Waals surface area contributed by atoms with E-state index in [1.807, 2.05) is 38.1 Å².